The Morgan fingerprint density at radius 1 is 0.471 bits per heavy atom. The molecule has 390 valence electrons. The molecule has 12 nitrogen and oxygen atoms in total. The fraction of sp³-hybridized carbons (Fsp3) is 0.586. The first-order valence-corrected chi connectivity index (χ1v) is 24.7. The van der Waals surface area contributed by atoms with Crippen molar-refractivity contribution in [1.82, 2.24) is 54.1 Å². The van der Waals surface area contributed by atoms with Crippen LogP contribution in [-0.2, 0) is 59.0 Å². The van der Waals surface area contributed by atoms with Crippen molar-refractivity contribution in [2.24, 2.45) is 21.1 Å². The first kappa shape index (κ1) is 62.5. The van der Waals surface area contributed by atoms with Gasteiger partial charge in [0.1, 0.15) is 17.9 Å². The van der Waals surface area contributed by atoms with Crippen molar-refractivity contribution in [3.63, 3.8) is 0 Å². The molecule has 7 aromatic rings. The number of aromatic nitrogens is 11. The van der Waals surface area contributed by atoms with Gasteiger partial charge in [-0.25, -0.2) is 4.98 Å². The van der Waals surface area contributed by atoms with Gasteiger partial charge >= 0.3 is 0 Å². The molecule has 70 heavy (non-hydrogen) atoms. The van der Waals surface area contributed by atoms with Crippen LogP contribution in [0.5, 0.6) is 0 Å². The molecule has 7 aromatic heterocycles. The molecule has 0 spiro atoms. The predicted octanol–water partition coefficient (Wildman–Crippen LogP) is 14.6. The number of aryl methyl sites for hydroxylation is 3. The quantitative estimate of drug-likeness (QED) is 0.174. The minimum absolute atomic E-state index is 0.102. The molecule has 0 aliphatic heterocycles. The molecule has 0 radical (unpaired) electrons. The van der Waals surface area contributed by atoms with E-state index in [1.165, 1.54) is 22.8 Å². The number of hydrogen-bond donors (Lipinski definition) is 1. The Morgan fingerprint density at radius 3 is 1.29 bits per heavy atom. The van der Waals surface area contributed by atoms with E-state index >= 15 is 0 Å². The Morgan fingerprint density at radius 2 is 1.04 bits per heavy atom. The third kappa shape index (κ3) is 22.5. The molecule has 0 saturated carbocycles. The molecule has 7 rings (SSSR count). The maximum atomic E-state index is 5.20. The van der Waals surface area contributed by atoms with Gasteiger partial charge in [0.25, 0.3) is 0 Å². The van der Waals surface area contributed by atoms with Crippen LogP contribution in [0.1, 0.15) is 205 Å². The lowest BCUT2D eigenvalue weighted by atomic mass is 9.92. The molecule has 0 aliphatic carbocycles. The van der Waals surface area contributed by atoms with Crippen LogP contribution >= 0.6 is 0 Å². The number of pyridine rings is 1. The second kappa shape index (κ2) is 26.1. The van der Waals surface area contributed by atoms with Gasteiger partial charge in [0, 0.05) is 125 Å². The van der Waals surface area contributed by atoms with Crippen LogP contribution in [0.15, 0.2) is 109 Å². The summed E-state index contributed by atoms with van der Waals surface area (Å²) < 4.78 is 13.2. The van der Waals surface area contributed by atoms with Crippen LogP contribution < -0.4 is 0 Å². The van der Waals surface area contributed by atoms with Crippen LogP contribution in [0.25, 0.3) is 0 Å². The Kier molecular flexibility index (Phi) is 23.3. The second-order valence-corrected chi connectivity index (χ2v) is 25.2. The number of nitrogens with zero attached hydrogens (tertiary/aromatic N) is 10. The molecule has 7 heterocycles. The van der Waals surface area contributed by atoms with Gasteiger partial charge in [-0.05, 0) is 68.4 Å². The molecule has 0 atom stereocenters. The summed E-state index contributed by atoms with van der Waals surface area (Å²) in [6, 6.07) is 20.8. The third-order valence-corrected chi connectivity index (χ3v) is 10.6. The van der Waals surface area contributed by atoms with E-state index in [0.29, 0.717) is 6.04 Å². The van der Waals surface area contributed by atoms with Crippen LogP contribution in [0.2, 0.25) is 0 Å². The van der Waals surface area contributed by atoms with Crippen molar-refractivity contribution in [2.75, 3.05) is 0 Å². The van der Waals surface area contributed by atoms with Crippen molar-refractivity contribution in [2.45, 2.75) is 203 Å². The van der Waals surface area contributed by atoms with E-state index in [0.717, 1.165) is 17.3 Å². The Bertz CT molecular complexity index is 2250. The molecular weight excluding hydrogens is 867 g/mol. The summed E-state index contributed by atoms with van der Waals surface area (Å²) >= 11 is 0. The van der Waals surface area contributed by atoms with Crippen LogP contribution in [0.3, 0.4) is 0 Å². The zero-order chi connectivity index (χ0) is 54.1. The van der Waals surface area contributed by atoms with Gasteiger partial charge in [0.2, 0.25) is 0 Å². The lowest BCUT2D eigenvalue weighted by molar-refractivity contribution is 0.409. The molecule has 12 heteroatoms. The number of rotatable bonds is 1. The minimum atomic E-state index is 0.102. The largest absolute Gasteiger partial charge is 0.469 e. The summed E-state index contributed by atoms with van der Waals surface area (Å²) in [5, 5.41) is 19.2. The first-order chi connectivity index (χ1) is 31.8. The zero-order valence-electron chi connectivity index (χ0n) is 48.8. The van der Waals surface area contributed by atoms with Crippen LogP contribution in [0.4, 0.5) is 0 Å². The topological polar surface area (TPSA) is 126 Å². The molecule has 0 saturated heterocycles. The minimum Gasteiger partial charge on any atom is -0.469 e. The molecule has 1 N–H and O–H groups in total. The first-order valence-electron chi connectivity index (χ1n) is 24.7. The molecule has 0 aromatic carbocycles. The summed E-state index contributed by atoms with van der Waals surface area (Å²) in [6.45, 7) is 49.9. The lowest BCUT2D eigenvalue weighted by Gasteiger charge is -2.22. The van der Waals surface area contributed by atoms with Crippen LogP contribution in [-0.4, -0.2) is 54.1 Å². The standard InChI is InChI=1S/C10H18N2.C9H15N.C9H13N.C8H14N2.C8H12O.C7H13N3.C7H12N2/c1-8(2)12-9(6-7-11-12)10(3,4)5;1-9(2,3)8-6-5-7-10(8)4;1-9(2,3)8-6-4-5-7-10-8;1-8(2,3)7-5-6-9-10(7)4;1-8(2,3)7-5-4-6-9-7;1-7(2,3)6-8-5-9-10(6)4;1-7(2,3)6-4-5-8-9-6/h6-8H,1-5H3;5-7H,1-4H3;4-7H,1-3H3;5-6H,1-4H3;4-6H,1-3H3;5H,1-4H3;4-5H,1-3H3,(H,8,9). The van der Waals surface area contributed by atoms with Crippen molar-refractivity contribution in [3.8, 4) is 0 Å². The molecular formula is C58H97N11O. The summed E-state index contributed by atoms with van der Waals surface area (Å²) in [5.74, 6) is 2.06. The van der Waals surface area contributed by atoms with E-state index < -0.39 is 0 Å². The normalized spacial score (nSPS) is 12.0. The smallest absolute Gasteiger partial charge is 0.138 e. The van der Waals surface area contributed by atoms with Gasteiger partial charge in [0.15, 0.2) is 0 Å². The molecule has 0 bridgehead atoms. The maximum absolute atomic E-state index is 5.20. The lowest BCUT2D eigenvalue weighted by Crippen LogP contribution is -2.19. The van der Waals surface area contributed by atoms with E-state index in [2.05, 4.69) is 248 Å². The van der Waals surface area contributed by atoms with Gasteiger partial charge in [0.05, 0.1) is 6.26 Å². The molecule has 0 amide bonds. The summed E-state index contributed by atoms with van der Waals surface area (Å²) in [5.41, 5.74) is 7.62. The van der Waals surface area contributed by atoms with E-state index in [9.17, 15) is 0 Å². The SMILES string of the molecule is CC(C)(C)c1ccccn1.CC(C)(C)c1ccco1.CC(C)(C)c1ccn[nH]1.CC(C)n1nccc1C(C)(C)C.Cn1cccc1C(C)(C)C.Cn1nccc1C(C)(C)C.Cn1ncnc1C(C)(C)C. The third-order valence-electron chi connectivity index (χ3n) is 10.6. The van der Waals surface area contributed by atoms with Crippen molar-refractivity contribution in [3.05, 3.63) is 144 Å². The van der Waals surface area contributed by atoms with Crippen molar-refractivity contribution >= 4 is 0 Å². The number of H-pyrrole nitrogens is 1. The van der Waals surface area contributed by atoms with Gasteiger partial charge < -0.3 is 8.98 Å². The maximum Gasteiger partial charge on any atom is 0.138 e. The highest BCUT2D eigenvalue weighted by Gasteiger charge is 2.21. The van der Waals surface area contributed by atoms with Crippen molar-refractivity contribution < 1.29 is 4.42 Å². The molecule has 0 fully saturated rings. The van der Waals surface area contributed by atoms with Gasteiger partial charge in [-0.15, -0.1) is 0 Å². The fourth-order valence-corrected chi connectivity index (χ4v) is 6.83. The molecule has 0 unspecified atom stereocenters. The van der Waals surface area contributed by atoms with E-state index in [1.807, 2.05) is 67.7 Å². The Hall–Kier alpha value is -5.52. The average molecular weight is 964 g/mol. The van der Waals surface area contributed by atoms with E-state index in [4.69, 9.17) is 4.42 Å². The van der Waals surface area contributed by atoms with E-state index in [1.54, 1.807) is 23.5 Å². The zero-order valence-corrected chi connectivity index (χ0v) is 48.8. The van der Waals surface area contributed by atoms with E-state index in [-0.39, 0.29) is 37.9 Å². The second-order valence-electron chi connectivity index (χ2n) is 25.2. The highest BCUT2D eigenvalue weighted by molar-refractivity contribution is 5.16. The number of aromatic amines is 1. The summed E-state index contributed by atoms with van der Waals surface area (Å²) in [4.78, 5) is 8.39. The highest BCUT2D eigenvalue weighted by Crippen LogP contribution is 2.25. The van der Waals surface area contributed by atoms with Gasteiger partial charge in [-0.3, -0.25) is 24.1 Å². The number of nitrogens with one attached hydrogen (secondary N) is 1. The van der Waals surface area contributed by atoms with Crippen molar-refractivity contribution in [1.29, 1.82) is 0 Å². The summed E-state index contributed by atoms with van der Waals surface area (Å²) in [6.07, 6.45) is 12.7. The summed E-state index contributed by atoms with van der Waals surface area (Å²) in [7, 11) is 5.97. The number of furan rings is 1. The predicted molar refractivity (Wildman–Crippen MR) is 295 cm³/mol. The highest BCUT2D eigenvalue weighted by atomic mass is 16.3. The molecule has 0 aliphatic rings. The van der Waals surface area contributed by atoms with Gasteiger partial charge in [-0.1, -0.05) is 151 Å². The average Bonchev–Trinajstić information content (AvgIpc) is 4.06. The number of hydrogen-bond acceptors (Lipinski definition) is 7. The van der Waals surface area contributed by atoms with Gasteiger partial charge in [-0.2, -0.15) is 20.4 Å². The monoisotopic (exact) mass is 964 g/mol. The fourth-order valence-electron chi connectivity index (χ4n) is 6.83. The Labute approximate surface area is 425 Å². The Balaban J connectivity index is 0.000000409. The van der Waals surface area contributed by atoms with Crippen LogP contribution in [0, 0.1) is 0 Å².